The number of nitrogens with two attached hydrogens (primary N) is 1. The number of thiazole rings is 1. The molecule has 4 aromatic rings. The number of rotatable bonds is 6. The molecule has 1 amide bonds. The first kappa shape index (κ1) is 19.4. The molecule has 0 unspecified atom stereocenters. The molecule has 148 valence electrons. The van der Waals surface area contributed by atoms with Crippen LogP contribution >= 0.6 is 11.3 Å². The molecule has 0 aliphatic heterocycles. The van der Waals surface area contributed by atoms with Crippen LogP contribution in [0.25, 0.3) is 20.8 Å². The molecule has 0 aliphatic rings. The molecule has 2 aromatic heterocycles. The molecule has 2 aromatic carbocycles. The number of aryl methyl sites for hydroxylation is 1. The minimum atomic E-state index is -0.234. The molecule has 0 radical (unpaired) electrons. The van der Waals surface area contributed by atoms with Gasteiger partial charge >= 0.3 is 0 Å². The molecular weight excluding hydrogens is 382 g/mol. The molecule has 0 aliphatic carbocycles. The van der Waals surface area contributed by atoms with Gasteiger partial charge in [0.1, 0.15) is 11.0 Å². The molecule has 2 atom stereocenters. The number of aromatic nitrogens is 1. The lowest BCUT2D eigenvalue weighted by molar-refractivity contribution is -0.711. The van der Waals surface area contributed by atoms with Gasteiger partial charge in [-0.1, -0.05) is 6.07 Å². The summed E-state index contributed by atoms with van der Waals surface area (Å²) in [6.07, 6.45) is 1.65. The smallest absolute Gasteiger partial charge is 0.282 e. The first-order valence-corrected chi connectivity index (χ1v) is 10.5. The molecule has 0 saturated carbocycles. The van der Waals surface area contributed by atoms with Gasteiger partial charge < -0.3 is 15.1 Å². The standard InChI is InChI=1S/C23H23N3O2S/c1-14-6-11-19-21(13-14)29-23(26-19)17-7-9-18(10-8-17)25-22(27)16(3)24-15(2)20-5-4-12-28-20/h4-13,15-16,24H,1-3H3,(H,25,27)/p+1/t15-,16+/m0/s1. The summed E-state index contributed by atoms with van der Waals surface area (Å²) in [6.45, 7) is 6.01. The van der Waals surface area contributed by atoms with Crippen molar-refractivity contribution in [1.82, 2.24) is 4.98 Å². The molecule has 0 fully saturated rings. The van der Waals surface area contributed by atoms with Crippen molar-refractivity contribution in [3.05, 3.63) is 72.2 Å². The molecule has 5 nitrogen and oxygen atoms in total. The summed E-state index contributed by atoms with van der Waals surface area (Å²) >= 11 is 1.68. The van der Waals surface area contributed by atoms with E-state index in [0.29, 0.717) is 0 Å². The van der Waals surface area contributed by atoms with Gasteiger partial charge in [-0.15, -0.1) is 11.3 Å². The Balaban J connectivity index is 1.41. The molecule has 0 saturated heterocycles. The van der Waals surface area contributed by atoms with Gasteiger partial charge in [-0.05, 0) is 74.9 Å². The summed E-state index contributed by atoms with van der Waals surface area (Å²) in [7, 11) is 0. The number of nitrogens with one attached hydrogen (secondary N) is 1. The Morgan fingerprint density at radius 3 is 2.66 bits per heavy atom. The second-order valence-corrected chi connectivity index (χ2v) is 8.37. The lowest BCUT2D eigenvalue weighted by Crippen LogP contribution is -2.91. The fourth-order valence-electron chi connectivity index (χ4n) is 3.27. The maximum absolute atomic E-state index is 12.5. The molecule has 29 heavy (non-hydrogen) atoms. The van der Waals surface area contributed by atoms with Crippen LogP contribution in [0.2, 0.25) is 0 Å². The van der Waals surface area contributed by atoms with Gasteiger partial charge in [0, 0.05) is 11.3 Å². The number of furan rings is 1. The number of hydrogen-bond donors (Lipinski definition) is 2. The summed E-state index contributed by atoms with van der Waals surface area (Å²) < 4.78 is 6.60. The number of quaternary nitrogens is 1. The van der Waals surface area contributed by atoms with Gasteiger partial charge in [0.05, 0.1) is 16.5 Å². The van der Waals surface area contributed by atoms with Crippen molar-refractivity contribution in [2.24, 2.45) is 0 Å². The van der Waals surface area contributed by atoms with Gasteiger partial charge in [-0.25, -0.2) is 4.98 Å². The van der Waals surface area contributed by atoms with Crippen LogP contribution in [-0.4, -0.2) is 16.9 Å². The Morgan fingerprint density at radius 1 is 1.14 bits per heavy atom. The first-order valence-electron chi connectivity index (χ1n) is 9.66. The molecule has 4 rings (SSSR count). The van der Waals surface area contributed by atoms with E-state index in [2.05, 4.69) is 30.4 Å². The van der Waals surface area contributed by atoms with Crippen LogP contribution in [0.3, 0.4) is 0 Å². The predicted molar refractivity (Wildman–Crippen MR) is 117 cm³/mol. The normalized spacial score (nSPS) is 13.3. The minimum absolute atomic E-state index is 0.0355. The number of carbonyl (C=O) groups excluding carboxylic acids is 1. The highest BCUT2D eigenvalue weighted by Gasteiger charge is 2.21. The fraction of sp³-hybridized carbons (Fsp3) is 0.217. The van der Waals surface area contributed by atoms with Crippen LogP contribution < -0.4 is 10.6 Å². The van der Waals surface area contributed by atoms with E-state index in [9.17, 15) is 4.79 Å². The number of hydrogen-bond acceptors (Lipinski definition) is 4. The summed E-state index contributed by atoms with van der Waals surface area (Å²) in [4.78, 5) is 17.3. The van der Waals surface area contributed by atoms with Crippen LogP contribution in [-0.2, 0) is 4.79 Å². The van der Waals surface area contributed by atoms with Crippen LogP contribution in [0.1, 0.15) is 31.2 Å². The highest BCUT2D eigenvalue weighted by atomic mass is 32.1. The van der Waals surface area contributed by atoms with Crippen molar-refractivity contribution in [3.63, 3.8) is 0 Å². The van der Waals surface area contributed by atoms with Crippen molar-refractivity contribution in [2.75, 3.05) is 5.32 Å². The van der Waals surface area contributed by atoms with Crippen LogP contribution in [0, 0.1) is 6.92 Å². The second kappa shape index (κ2) is 8.19. The maximum atomic E-state index is 12.5. The average molecular weight is 407 g/mol. The van der Waals surface area contributed by atoms with Crippen molar-refractivity contribution >= 4 is 33.1 Å². The quantitative estimate of drug-likeness (QED) is 0.495. The monoisotopic (exact) mass is 406 g/mol. The third-order valence-electron chi connectivity index (χ3n) is 4.93. The summed E-state index contributed by atoms with van der Waals surface area (Å²) in [5.41, 5.74) is 4.08. The average Bonchev–Trinajstić information content (AvgIpc) is 3.38. The summed E-state index contributed by atoms with van der Waals surface area (Å²) in [5.74, 6) is 0.826. The third-order valence-corrected chi connectivity index (χ3v) is 5.99. The van der Waals surface area contributed by atoms with E-state index < -0.39 is 0 Å². The lowest BCUT2D eigenvalue weighted by Gasteiger charge is -2.15. The molecule has 0 spiro atoms. The van der Waals surface area contributed by atoms with E-state index in [1.54, 1.807) is 17.6 Å². The van der Waals surface area contributed by atoms with Crippen LogP contribution in [0.5, 0.6) is 0 Å². The zero-order valence-corrected chi connectivity index (χ0v) is 17.5. The molecule has 2 heterocycles. The number of anilines is 1. The van der Waals surface area contributed by atoms with Gasteiger partial charge in [-0.3, -0.25) is 4.79 Å². The number of nitrogens with zero attached hydrogens (tertiary/aromatic N) is 1. The SMILES string of the molecule is Cc1ccc2nc(-c3ccc(NC(=O)[C@@H](C)[NH2+][C@@H](C)c4ccco4)cc3)sc2c1. The lowest BCUT2D eigenvalue weighted by atomic mass is 10.2. The van der Waals surface area contributed by atoms with Crippen LogP contribution in [0.4, 0.5) is 5.69 Å². The Morgan fingerprint density at radius 2 is 1.93 bits per heavy atom. The topological polar surface area (TPSA) is 71.7 Å². The fourth-order valence-corrected chi connectivity index (χ4v) is 4.34. The Bertz CT molecular complexity index is 1120. The van der Waals surface area contributed by atoms with Gasteiger partial charge in [-0.2, -0.15) is 0 Å². The highest BCUT2D eigenvalue weighted by Crippen LogP contribution is 2.31. The third kappa shape index (κ3) is 4.39. The van der Waals surface area contributed by atoms with E-state index in [1.165, 1.54) is 10.3 Å². The minimum Gasteiger partial charge on any atom is -0.463 e. The molecular formula is C23H24N3O2S+. The summed E-state index contributed by atoms with van der Waals surface area (Å²) in [5, 5.41) is 5.96. The Labute approximate surface area is 173 Å². The second-order valence-electron chi connectivity index (χ2n) is 7.34. The van der Waals surface area contributed by atoms with Gasteiger partial charge in [0.25, 0.3) is 5.91 Å². The molecule has 0 bridgehead atoms. The first-order chi connectivity index (χ1) is 14.0. The van der Waals surface area contributed by atoms with E-state index in [0.717, 1.165) is 27.5 Å². The van der Waals surface area contributed by atoms with E-state index in [1.807, 2.05) is 55.6 Å². The number of fused-ring (bicyclic) bond motifs is 1. The highest BCUT2D eigenvalue weighted by molar-refractivity contribution is 7.21. The van der Waals surface area contributed by atoms with Crippen molar-refractivity contribution < 1.29 is 14.5 Å². The predicted octanol–water partition coefficient (Wildman–Crippen LogP) is 4.52. The van der Waals surface area contributed by atoms with Crippen LogP contribution in [0.15, 0.2) is 65.3 Å². The summed E-state index contributed by atoms with van der Waals surface area (Å²) in [6, 6.07) is 17.8. The largest absolute Gasteiger partial charge is 0.463 e. The van der Waals surface area contributed by atoms with Crippen molar-refractivity contribution in [2.45, 2.75) is 32.9 Å². The number of amides is 1. The zero-order valence-electron chi connectivity index (χ0n) is 16.7. The Hall–Kier alpha value is -2.96. The maximum Gasteiger partial charge on any atom is 0.282 e. The van der Waals surface area contributed by atoms with Gasteiger partial charge in [0.2, 0.25) is 0 Å². The number of benzene rings is 2. The molecule has 6 heteroatoms. The van der Waals surface area contributed by atoms with E-state index in [-0.39, 0.29) is 18.0 Å². The Kier molecular flexibility index (Phi) is 5.47. The van der Waals surface area contributed by atoms with E-state index in [4.69, 9.17) is 9.40 Å². The number of carbonyl (C=O) groups is 1. The molecule has 3 N–H and O–H groups in total. The van der Waals surface area contributed by atoms with Crippen molar-refractivity contribution in [1.29, 1.82) is 0 Å². The van der Waals surface area contributed by atoms with Gasteiger partial charge in [0.15, 0.2) is 11.8 Å². The van der Waals surface area contributed by atoms with E-state index >= 15 is 0 Å². The zero-order chi connectivity index (χ0) is 20.4. The van der Waals surface area contributed by atoms with Crippen molar-refractivity contribution in [3.8, 4) is 10.6 Å².